The van der Waals surface area contributed by atoms with Gasteiger partial charge in [0.15, 0.2) is 0 Å². The van der Waals surface area contributed by atoms with Crippen LogP contribution in [-0.2, 0) is 4.74 Å². The molecule has 0 saturated carbocycles. The number of nitrogens with one attached hydrogen (secondary N) is 3. The topological polar surface area (TPSA) is 54.8 Å². The molecule has 2 heterocycles. The number of hydrogen-bond donors (Lipinski definition) is 3. The lowest BCUT2D eigenvalue weighted by Gasteiger charge is -2.34. The number of anilines is 1. The van der Waals surface area contributed by atoms with Gasteiger partial charge in [-0.3, -0.25) is 0 Å². The van der Waals surface area contributed by atoms with E-state index < -0.39 is 0 Å². The average molecular weight is 361 g/mol. The monoisotopic (exact) mass is 360 g/mol. The highest BCUT2D eigenvalue weighted by Crippen LogP contribution is 2.20. The number of carbonyl (C=O) groups is 1. The number of carbonyl (C=O) groups excluding carboxylic acids is 1. The molecule has 0 aliphatic carbocycles. The fourth-order valence-corrected chi connectivity index (χ4v) is 4.38. The molecule has 3 rings (SSSR count). The van der Waals surface area contributed by atoms with Crippen molar-refractivity contribution in [3.05, 3.63) is 52.2 Å². The smallest absolute Gasteiger partial charge is 0.319 e. The van der Waals surface area contributed by atoms with Gasteiger partial charge in [-0.2, -0.15) is 0 Å². The summed E-state index contributed by atoms with van der Waals surface area (Å²) >= 11 is 1.75. The number of rotatable bonds is 5. The lowest BCUT2D eigenvalue weighted by Crippen LogP contribution is -3.15. The molecule has 1 aromatic heterocycles. The third-order valence-electron chi connectivity index (χ3n) is 4.56. The molecule has 1 aromatic carbocycles. The highest BCUT2D eigenvalue weighted by Gasteiger charge is 2.33. The zero-order chi connectivity index (χ0) is 17.6. The zero-order valence-corrected chi connectivity index (χ0v) is 15.6. The lowest BCUT2D eigenvalue weighted by molar-refractivity contribution is -0.939. The van der Waals surface area contributed by atoms with E-state index in [2.05, 4.69) is 35.1 Å². The molecule has 1 fully saturated rings. The van der Waals surface area contributed by atoms with Crippen LogP contribution >= 0.6 is 11.3 Å². The Balaban J connectivity index is 1.67. The molecule has 2 atom stereocenters. The van der Waals surface area contributed by atoms with E-state index in [1.165, 1.54) is 9.78 Å². The van der Waals surface area contributed by atoms with Crippen molar-refractivity contribution in [1.82, 2.24) is 5.32 Å². The first-order valence-corrected chi connectivity index (χ1v) is 9.61. The second-order valence-electron chi connectivity index (χ2n) is 6.52. The van der Waals surface area contributed by atoms with Crippen LogP contribution in [0.3, 0.4) is 0 Å². The van der Waals surface area contributed by atoms with Crippen LogP contribution in [-0.4, -0.2) is 38.4 Å². The van der Waals surface area contributed by atoms with Crippen LogP contribution in [0.15, 0.2) is 41.8 Å². The van der Waals surface area contributed by atoms with Gasteiger partial charge in [0.2, 0.25) is 0 Å². The fraction of sp³-hybridized carbons (Fsp3) is 0.421. The van der Waals surface area contributed by atoms with E-state index in [9.17, 15) is 4.79 Å². The van der Waals surface area contributed by atoms with E-state index in [1.54, 1.807) is 11.3 Å². The van der Waals surface area contributed by atoms with Gasteiger partial charge in [0.05, 0.1) is 24.1 Å². The molecule has 1 saturated heterocycles. The predicted molar refractivity (Wildman–Crippen MR) is 101 cm³/mol. The summed E-state index contributed by atoms with van der Waals surface area (Å²) in [6, 6.07) is 12.2. The Morgan fingerprint density at radius 2 is 2.04 bits per heavy atom. The second-order valence-corrected chi connectivity index (χ2v) is 7.50. The van der Waals surface area contributed by atoms with E-state index in [1.807, 2.05) is 31.2 Å². The highest BCUT2D eigenvalue weighted by molar-refractivity contribution is 7.10. The number of amides is 2. The Morgan fingerprint density at radius 3 is 2.72 bits per heavy atom. The zero-order valence-electron chi connectivity index (χ0n) is 14.7. The summed E-state index contributed by atoms with van der Waals surface area (Å²) in [5, 5.41) is 8.16. The molecule has 134 valence electrons. The first-order chi connectivity index (χ1) is 12.1. The van der Waals surface area contributed by atoms with Gasteiger partial charge in [-0.15, -0.1) is 11.3 Å². The van der Waals surface area contributed by atoms with Crippen molar-refractivity contribution in [3.8, 4) is 0 Å². The summed E-state index contributed by atoms with van der Waals surface area (Å²) in [5.41, 5.74) is 1.94. The standard InChI is InChI=1S/C19H25N3O2S/c1-14-5-3-6-16(13-14)21-19(23)20-15(2)18(17-7-4-12-25-17)22-8-10-24-11-9-22/h3-7,12-13,15,18H,8-11H2,1-2H3,(H2,20,21,23)/p+1/t15-,18+/m1/s1. The maximum absolute atomic E-state index is 12.4. The lowest BCUT2D eigenvalue weighted by atomic mass is 10.1. The normalized spacial score (nSPS) is 17.7. The van der Waals surface area contributed by atoms with Crippen LogP contribution in [0.25, 0.3) is 0 Å². The number of thiophene rings is 1. The minimum Gasteiger partial charge on any atom is -0.370 e. The first kappa shape index (κ1) is 17.9. The number of aryl methyl sites for hydroxylation is 1. The van der Waals surface area contributed by atoms with Crippen molar-refractivity contribution in [1.29, 1.82) is 0 Å². The minimum atomic E-state index is -0.160. The Morgan fingerprint density at radius 1 is 1.24 bits per heavy atom. The van der Waals surface area contributed by atoms with Crippen LogP contribution in [0.1, 0.15) is 23.4 Å². The molecule has 1 aliphatic heterocycles. The molecule has 6 heteroatoms. The first-order valence-electron chi connectivity index (χ1n) is 8.73. The molecule has 1 aliphatic rings. The summed E-state index contributed by atoms with van der Waals surface area (Å²) < 4.78 is 5.50. The molecule has 0 bridgehead atoms. The van der Waals surface area contributed by atoms with Crippen LogP contribution in [0.4, 0.5) is 10.5 Å². The van der Waals surface area contributed by atoms with Gasteiger partial charge in [-0.1, -0.05) is 18.2 Å². The molecule has 25 heavy (non-hydrogen) atoms. The number of hydrogen-bond acceptors (Lipinski definition) is 3. The number of morpholine rings is 1. The number of benzene rings is 1. The van der Waals surface area contributed by atoms with Gasteiger partial charge >= 0.3 is 6.03 Å². The van der Waals surface area contributed by atoms with Crippen molar-refractivity contribution in [2.45, 2.75) is 25.9 Å². The van der Waals surface area contributed by atoms with Crippen molar-refractivity contribution in [2.75, 3.05) is 31.6 Å². The SMILES string of the molecule is Cc1cccc(NC(=O)N[C@H](C)[C@@H](c2cccs2)[NH+]2CCOCC2)c1. The molecular formula is C19H26N3O2S+. The second kappa shape index (κ2) is 8.47. The molecular weight excluding hydrogens is 334 g/mol. The average Bonchev–Trinajstić information content (AvgIpc) is 3.10. The summed E-state index contributed by atoms with van der Waals surface area (Å²) in [4.78, 5) is 15.2. The maximum atomic E-state index is 12.4. The van der Waals surface area contributed by atoms with Crippen LogP contribution in [0, 0.1) is 6.92 Å². The third kappa shape index (κ3) is 4.81. The summed E-state index contributed by atoms with van der Waals surface area (Å²) in [7, 11) is 0. The van der Waals surface area contributed by atoms with E-state index in [0.717, 1.165) is 37.6 Å². The molecule has 2 aromatic rings. The van der Waals surface area contributed by atoms with Gasteiger partial charge in [-0.25, -0.2) is 4.79 Å². The van der Waals surface area contributed by atoms with E-state index in [-0.39, 0.29) is 18.1 Å². The van der Waals surface area contributed by atoms with Crippen molar-refractivity contribution in [2.24, 2.45) is 0 Å². The largest absolute Gasteiger partial charge is 0.370 e. The minimum absolute atomic E-state index is 0.0246. The van der Waals surface area contributed by atoms with Gasteiger partial charge in [0.1, 0.15) is 19.1 Å². The van der Waals surface area contributed by atoms with Crippen LogP contribution in [0.5, 0.6) is 0 Å². The van der Waals surface area contributed by atoms with Crippen LogP contribution in [0.2, 0.25) is 0 Å². The van der Waals surface area contributed by atoms with Gasteiger partial charge in [-0.05, 0) is 43.0 Å². The van der Waals surface area contributed by atoms with E-state index in [0.29, 0.717) is 0 Å². The number of quaternary nitrogens is 1. The maximum Gasteiger partial charge on any atom is 0.319 e. The Kier molecular flexibility index (Phi) is 6.07. The molecule has 3 N–H and O–H groups in total. The number of urea groups is 1. The molecule has 5 nitrogen and oxygen atoms in total. The number of ether oxygens (including phenoxy) is 1. The quantitative estimate of drug-likeness (QED) is 0.766. The van der Waals surface area contributed by atoms with Gasteiger partial charge in [0.25, 0.3) is 0 Å². The molecule has 0 spiro atoms. The van der Waals surface area contributed by atoms with E-state index >= 15 is 0 Å². The molecule has 2 amide bonds. The van der Waals surface area contributed by atoms with Crippen molar-refractivity contribution >= 4 is 23.1 Å². The van der Waals surface area contributed by atoms with E-state index in [4.69, 9.17) is 4.74 Å². The summed E-state index contributed by atoms with van der Waals surface area (Å²) in [5.74, 6) is 0. The molecule has 0 unspecified atom stereocenters. The molecule has 0 radical (unpaired) electrons. The Labute approximate surface area is 153 Å². The third-order valence-corrected chi connectivity index (χ3v) is 5.51. The highest BCUT2D eigenvalue weighted by atomic mass is 32.1. The van der Waals surface area contributed by atoms with Crippen LogP contribution < -0.4 is 15.5 Å². The van der Waals surface area contributed by atoms with Gasteiger partial charge < -0.3 is 20.3 Å². The summed E-state index contributed by atoms with van der Waals surface area (Å²) in [6.45, 7) is 7.59. The van der Waals surface area contributed by atoms with Gasteiger partial charge in [0, 0.05) is 5.69 Å². The Hall–Kier alpha value is -1.89. The summed E-state index contributed by atoms with van der Waals surface area (Å²) in [6.07, 6.45) is 0. The fourth-order valence-electron chi connectivity index (χ4n) is 3.39. The van der Waals surface area contributed by atoms with Crippen molar-refractivity contribution < 1.29 is 14.4 Å². The predicted octanol–water partition coefficient (Wildman–Crippen LogP) is 2.22. The van der Waals surface area contributed by atoms with Crippen molar-refractivity contribution in [3.63, 3.8) is 0 Å². The Bertz CT molecular complexity index is 684.